The summed E-state index contributed by atoms with van der Waals surface area (Å²) in [5.41, 5.74) is 0.970. The van der Waals surface area contributed by atoms with Crippen LogP contribution in [0.3, 0.4) is 0 Å². The Balaban J connectivity index is 1.30. The normalized spacial score (nSPS) is 21.6. The van der Waals surface area contributed by atoms with E-state index in [1.807, 2.05) is 17.6 Å². The summed E-state index contributed by atoms with van der Waals surface area (Å²) >= 11 is 0. The van der Waals surface area contributed by atoms with E-state index >= 15 is 0 Å². The maximum Gasteiger partial charge on any atom is 0.317 e. The van der Waals surface area contributed by atoms with E-state index in [1.165, 1.54) is 12.8 Å². The summed E-state index contributed by atoms with van der Waals surface area (Å²) < 4.78 is 7.74. The maximum atomic E-state index is 12.2. The summed E-state index contributed by atoms with van der Waals surface area (Å²) in [5, 5.41) is 3.09. The molecule has 3 aliphatic rings. The van der Waals surface area contributed by atoms with Crippen LogP contribution in [0, 0.1) is 6.92 Å². The molecule has 1 aromatic heterocycles. The van der Waals surface area contributed by atoms with Crippen LogP contribution in [0.1, 0.15) is 50.3 Å². The third-order valence-corrected chi connectivity index (χ3v) is 5.27. The highest BCUT2D eigenvalue weighted by Gasteiger charge is 2.34. The van der Waals surface area contributed by atoms with Crippen molar-refractivity contribution in [1.29, 1.82) is 0 Å². The lowest BCUT2D eigenvalue weighted by Crippen LogP contribution is -2.59. The number of ether oxygens (including phenoxy) is 1. The first kappa shape index (κ1) is 15.5. The van der Waals surface area contributed by atoms with E-state index in [9.17, 15) is 9.59 Å². The van der Waals surface area contributed by atoms with Crippen LogP contribution in [0.25, 0.3) is 0 Å². The van der Waals surface area contributed by atoms with Gasteiger partial charge >= 0.3 is 6.03 Å². The van der Waals surface area contributed by atoms with Crippen molar-refractivity contribution in [1.82, 2.24) is 14.8 Å². The first-order valence-electron chi connectivity index (χ1n) is 9.05. The van der Waals surface area contributed by atoms with Gasteiger partial charge in [-0.1, -0.05) is 12.8 Å². The number of carbonyl (C=O) groups is 1. The van der Waals surface area contributed by atoms with Crippen LogP contribution in [0.2, 0.25) is 0 Å². The molecule has 24 heavy (non-hydrogen) atoms. The molecule has 0 atom stereocenters. The van der Waals surface area contributed by atoms with E-state index in [1.54, 1.807) is 11.0 Å². The zero-order valence-corrected chi connectivity index (χ0v) is 14.2. The Labute approximate surface area is 141 Å². The minimum atomic E-state index is -0.0186. The molecule has 130 valence electrons. The molecule has 2 amide bonds. The summed E-state index contributed by atoms with van der Waals surface area (Å²) in [6.07, 6.45) is 6.77. The summed E-state index contributed by atoms with van der Waals surface area (Å²) in [6.45, 7) is 3.13. The average Bonchev–Trinajstić information content (AvgIpc) is 3.18. The molecule has 2 aliphatic carbocycles. The smallest absolute Gasteiger partial charge is 0.317 e. The second kappa shape index (κ2) is 6.15. The number of likely N-dealkylation sites (tertiary alicyclic amines) is 1. The Hall–Kier alpha value is -1.98. The van der Waals surface area contributed by atoms with Crippen LogP contribution in [-0.2, 0) is 0 Å². The highest BCUT2D eigenvalue weighted by atomic mass is 16.5. The van der Waals surface area contributed by atoms with Gasteiger partial charge in [0.05, 0.1) is 13.1 Å². The second-order valence-electron chi connectivity index (χ2n) is 7.35. The van der Waals surface area contributed by atoms with Crippen LogP contribution < -0.4 is 15.6 Å². The molecule has 0 unspecified atom stereocenters. The van der Waals surface area contributed by atoms with Gasteiger partial charge in [0.15, 0.2) is 0 Å². The minimum absolute atomic E-state index is 0.0158. The molecule has 3 fully saturated rings. The average molecular weight is 331 g/mol. The Morgan fingerprint density at radius 1 is 1.17 bits per heavy atom. The molecule has 1 aliphatic heterocycles. The highest BCUT2D eigenvalue weighted by molar-refractivity contribution is 5.75. The fourth-order valence-electron chi connectivity index (χ4n) is 3.76. The molecule has 0 spiro atoms. The summed E-state index contributed by atoms with van der Waals surface area (Å²) in [6, 6.07) is 4.25. The van der Waals surface area contributed by atoms with Crippen molar-refractivity contribution in [2.75, 3.05) is 13.1 Å². The van der Waals surface area contributed by atoms with E-state index in [-0.39, 0.29) is 17.7 Å². The Bertz CT molecular complexity index is 683. The Morgan fingerprint density at radius 2 is 1.88 bits per heavy atom. The van der Waals surface area contributed by atoms with Crippen LogP contribution in [0.5, 0.6) is 5.75 Å². The van der Waals surface area contributed by atoms with Crippen LogP contribution in [0.4, 0.5) is 4.79 Å². The number of nitrogens with zero attached hydrogens (tertiary/aromatic N) is 2. The quantitative estimate of drug-likeness (QED) is 0.920. The predicted octanol–water partition coefficient (Wildman–Crippen LogP) is 2.21. The first-order valence-corrected chi connectivity index (χ1v) is 9.05. The molecule has 0 aromatic carbocycles. The zero-order valence-electron chi connectivity index (χ0n) is 14.2. The lowest BCUT2D eigenvalue weighted by atomic mass is 10.1. The molecule has 1 N–H and O–H groups in total. The van der Waals surface area contributed by atoms with Gasteiger partial charge in [0.2, 0.25) is 0 Å². The lowest BCUT2D eigenvalue weighted by Gasteiger charge is -2.39. The van der Waals surface area contributed by atoms with Gasteiger partial charge in [-0.25, -0.2) is 4.79 Å². The van der Waals surface area contributed by atoms with Crippen molar-refractivity contribution in [3.05, 3.63) is 28.2 Å². The summed E-state index contributed by atoms with van der Waals surface area (Å²) in [7, 11) is 0. The van der Waals surface area contributed by atoms with Crippen molar-refractivity contribution in [2.24, 2.45) is 0 Å². The second-order valence-corrected chi connectivity index (χ2v) is 7.35. The van der Waals surface area contributed by atoms with E-state index < -0.39 is 0 Å². The molecule has 2 saturated carbocycles. The summed E-state index contributed by atoms with van der Waals surface area (Å²) in [4.78, 5) is 26.1. The van der Waals surface area contributed by atoms with Crippen molar-refractivity contribution in [3.8, 4) is 5.75 Å². The highest BCUT2D eigenvalue weighted by Crippen LogP contribution is 2.35. The molecule has 0 radical (unpaired) electrons. The first-order chi connectivity index (χ1) is 11.6. The molecule has 1 saturated heterocycles. The van der Waals surface area contributed by atoms with Gasteiger partial charge in [0.1, 0.15) is 11.9 Å². The molecular weight excluding hydrogens is 306 g/mol. The number of carbonyl (C=O) groups excluding carboxylic acids is 1. The molecule has 6 nitrogen and oxygen atoms in total. The fraction of sp³-hybridized carbons (Fsp3) is 0.667. The number of urea groups is 1. The molecule has 1 aromatic rings. The summed E-state index contributed by atoms with van der Waals surface area (Å²) in [5.74, 6) is 0.621. The van der Waals surface area contributed by atoms with Crippen molar-refractivity contribution in [2.45, 2.75) is 63.6 Å². The van der Waals surface area contributed by atoms with Gasteiger partial charge in [-0.3, -0.25) is 4.79 Å². The van der Waals surface area contributed by atoms with Gasteiger partial charge in [-0.05, 0) is 38.7 Å². The number of nitrogens with one attached hydrogen (secondary N) is 1. The third-order valence-electron chi connectivity index (χ3n) is 5.27. The topological polar surface area (TPSA) is 63.6 Å². The van der Waals surface area contributed by atoms with Crippen LogP contribution >= 0.6 is 0 Å². The van der Waals surface area contributed by atoms with Crippen LogP contribution in [-0.4, -0.2) is 40.7 Å². The van der Waals surface area contributed by atoms with Gasteiger partial charge in [0, 0.05) is 23.8 Å². The predicted molar refractivity (Wildman–Crippen MR) is 90.5 cm³/mol. The van der Waals surface area contributed by atoms with E-state index in [0.29, 0.717) is 30.9 Å². The van der Waals surface area contributed by atoms with Crippen molar-refractivity contribution >= 4 is 6.03 Å². The number of amides is 2. The lowest BCUT2D eigenvalue weighted by molar-refractivity contribution is 0.0432. The van der Waals surface area contributed by atoms with Crippen molar-refractivity contribution < 1.29 is 9.53 Å². The molecule has 4 rings (SSSR count). The largest absolute Gasteiger partial charge is 0.486 e. The third kappa shape index (κ3) is 3.14. The number of hydrogen-bond donors (Lipinski definition) is 1. The van der Waals surface area contributed by atoms with Crippen molar-refractivity contribution in [3.63, 3.8) is 0 Å². The maximum absolute atomic E-state index is 12.2. The SMILES string of the molecule is Cc1cc(OC2CN(C(=O)NC3CCCC3)C2)cc(=O)n1C1CC1. The number of rotatable bonds is 4. The standard InChI is InChI=1S/C18H25N3O3/c1-12-8-15(9-17(22)21(12)14-6-7-14)24-16-10-20(11-16)18(23)19-13-4-2-3-5-13/h8-9,13-14,16H,2-7,10-11H2,1H3,(H,19,23). The Morgan fingerprint density at radius 3 is 2.50 bits per heavy atom. The molecule has 2 heterocycles. The monoisotopic (exact) mass is 331 g/mol. The van der Waals surface area contributed by atoms with E-state index in [0.717, 1.165) is 31.4 Å². The molecule has 6 heteroatoms. The van der Waals surface area contributed by atoms with Crippen LogP contribution in [0.15, 0.2) is 16.9 Å². The fourth-order valence-corrected chi connectivity index (χ4v) is 3.76. The van der Waals surface area contributed by atoms with Gasteiger partial charge in [-0.15, -0.1) is 0 Å². The zero-order chi connectivity index (χ0) is 16.7. The van der Waals surface area contributed by atoms with Gasteiger partial charge < -0.3 is 19.5 Å². The Kier molecular flexibility index (Phi) is 3.98. The minimum Gasteiger partial charge on any atom is -0.486 e. The molecule has 0 bridgehead atoms. The number of pyridine rings is 1. The van der Waals surface area contributed by atoms with E-state index in [4.69, 9.17) is 4.74 Å². The van der Waals surface area contributed by atoms with Gasteiger partial charge in [0.25, 0.3) is 5.56 Å². The number of aromatic nitrogens is 1. The number of aryl methyl sites for hydroxylation is 1. The number of hydrogen-bond acceptors (Lipinski definition) is 3. The van der Waals surface area contributed by atoms with E-state index in [2.05, 4.69) is 5.32 Å². The molecular formula is C18H25N3O3. The van der Waals surface area contributed by atoms with Gasteiger partial charge in [-0.2, -0.15) is 0 Å².